The number of amides is 2. The molecule has 0 aliphatic carbocycles. The summed E-state index contributed by atoms with van der Waals surface area (Å²) in [4.78, 5) is 39.0. The summed E-state index contributed by atoms with van der Waals surface area (Å²) in [5.74, 6) is -0.579. The van der Waals surface area contributed by atoms with E-state index in [1.165, 1.54) is 18.1 Å². The molecule has 182 valence electrons. The predicted molar refractivity (Wildman–Crippen MR) is 124 cm³/mol. The molecular formula is C25H25N3O7. The summed E-state index contributed by atoms with van der Waals surface area (Å²) in [5, 5.41) is 6.50. The topological polar surface area (TPSA) is 120 Å². The molecule has 1 atom stereocenters. The lowest BCUT2D eigenvalue weighted by Gasteiger charge is -2.20. The van der Waals surface area contributed by atoms with Crippen LogP contribution in [0.1, 0.15) is 37.7 Å². The lowest BCUT2D eigenvalue weighted by Crippen LogP contribution is -2.49. The van der Waals surface area contributed by atoms with E-state index < -0.39 is 23.8 Å². The maximum atomic E-state index is 13.0. The first kappa shape index (κ1) is 24.0. The van der Waals surface area contributed by atoms with Crippen LogP contribution in [0.4, 0.5) is 5.69 Å². The number of methoxy groups -OCH3 is 2. The van der Waals surface area contributed by atoms with Crippen molar-refractivity contribution in [1.82, 2.24) is 10.5 Å². The molecule has 2 aromatic carbocycles. The molecule has 10 nitrogen and oxygen atoms in total. The highest BCUT2D eigenvalue weighted by Gasteiger charge is 2.32. The Morgan fingerprint density at radius 1 is 1.11 bits per heavy atom. The first-order chi connectivity index (χ1) is 16.9. The Hall–Kier alpha value is -4.18. The van der Waals surface area contributed by atoms with E-state index in [0.29, 0.717) is 30.2 Å². The van der Waals surface area contributed by atoms with Gasteiger partial charge in [0.15, 0.2) is 5.69 Å². The molecule has 0 unspecified atom stereocenters. The molecule has 4 rings (SSSR count). The van der Waals surface area contributed by atoms with Gasteiger partial charge in [-0.1, -0.05) is 29.4 Å². The summed E-state index contributed by atoms with van der Waals surface area (Å²) in [6.07, 6.45) is 0.458. The van der Waals surface area contributed by atoms with Gasteiger partial charge in [0.05, 0.1) is 25.0 Å². The number of carbonyl (C=O) groups excluding carboxylic acids is 3. The number of esters is 1. The van der Waals surface area contributed by atoms with E-state index in [4.69, 9.17) is 18.7 Å². The molecule has 1 aromatic heterocycles. The first-order valence-corrected chi connectivity index (χ1v) is 10.9. The minimum atomic E-state index is -0.963. The van der Waals surface area contributed by atoms with E-state index in [1.54, 1.807) is 32.4 Å². The number of likely N-dealkylation sites (N-methyl/N-ethyl adjacent to an activating group) is 1. The Bertz CT molecular complexity index is 1240. The number of ether oxygens (including phenoxy) is 3. The summed E-state index contributed by atoms with van der Waals surface area (Å²) in [5.41, 5.74) is 2.78. The number of rotatable bonds is 7. The van der Waals surface area contributed by atoms with Gasteiger partial charge in [-0.05, 0) is 29.3 Å². The number of hydrogen-bond donors (Lipinski definition) is 1. The molecule has 2 amide bonds. The van der Waals surface area contributed by atoms with Gasteiger partial charge in [-0.15, -0.1) is 0 Å². The summed E-state index contributed by atoms with van der Waals surface area (Å²) in [6, 6.07) is 13.1. The fourth-order valence-corrected chi connectivity index (χ4v) is 3.70. The van der Waals surface area contributed by atoms with Gasteiger partial charge in [0.1, 0.15) is 24.2 Å². The molecule has 0 radical (unpaired) electrons. The van der Waals surface area contributed by atoms with Gasteiger partial charge in [-0.3, -0.25) is 9.59 Å². The standard InChI is InChI=1S/C25H25N3O7/c1-28-21-11-17(25(31)33-3)8-9-22(21)34-14-20(24(28)30)26-23(29)19-12-18(35-27-19)10-15-4-6-16(7-5-15)13-32-2/h4-9,11-12,20H,10,13-14H2,1-3H3,(H,26,29)/t20-/m0/s1. The summed E-state index contributed by atoms with van der Waals surface area (Å²) in [6.45, 7) is 0.446. The van der Waals surface area contributed by atoms with Crippen molar-refractivity contribution in [1.29, 1.82) is 0 Å². The van der Waals surface area contributed by atoms with Gasteiger partial charge >= 0.3 is 5.97 Å². The molecule has 1 N–H and O–H groups in total. The van der Waals surface area contributed by atoms with Gasteiger partial charge in [-0.2, -0.15) is 0 Å². The van der Waals surface area contributed by atoms with Crippen molar-refractivity contribution in [2.24, 2.45) is 0 Å². The Labute approximate surface area is 201 Å². The molecule has 0 saturated heterocycles. The van der Waals surface area contributed by atoms with E-state index in [2.05, 4.69) is 10.5 Å². The predicted octanol–water partition coefficient (Wildman–Crippen LogP) is 2.35. The number of nitrogens with one attached hydrogen (secondary N) is 1. The van der Waals surface area contributed by atoms with Gasteiger partial charge in [0.25, 0.3) is 11.8 Å². The second-order valence-corrected chi connectivity index (χ2v) is 8.01. The third kappa shape index (κ3) is 5.33. The van der Waals surface area contributed by atoms with E-state index >= 15 is 0 Å². The zero-order valence-corrected chi connectivity index (χ0v) is 19.6. The van der Waals surface area contributed by atoms with Crippen LogP contribution in [0, 0.1) is 0 Å². The molecule has 1 aliphatic heterocycles. The van der Waals surface area contributed by atoms with Crippen molar-refractivity contribution < 1.29 is 33.1 Å². The van der Waals surface area contributed by atoms with Crippen molar-refractivity contribution in [3.8, 4) is 5.75 Å². The molecule has 35 heavy (non-hydrogen) atoms. The van der Waals surface area contributed by atoms with E-state index in [1.807, 2.05) is 24.3 Å². The van der Waals surface area contributed by atoms with Crippen molar-refractivity contribution >= 4 is 23.5 Å². The van der Waals surface area contributed by atoms with Gasteiger partial charge in [-0.25, -0.2) is 4.79 Å². The lowest BCUT2D eigenvalue weighted by atomic mass is 10.1. The monoisotopic (exact) mass is 479 g/mol. The third-order valence-corrected chi connectivity index (χ3v) is 5.58. The van der Waals surface area contributed by atoms with Gasteiger partial charge < -0.3 is 29.0 Å². The largest absolute Gasteiger partial charge is 0.489 e. The number of benzene rings is 2. The third-order valence-electron chi connectivity index (χ3n) is 5.58. The fourth-order valence-electron chi connectivity index (χ4n) is 3.70. The summed E-state index contributed by atoms with van der Waals surface area (Å²) < 4.78 is 20.9. The highest BCUT2D eigenvalue weighted by atomic mass is 16.5. The normalized spacial score (nSPS) is 15.1. The molecule has 0 bridgehead atoms. The molecular weight excluding hydrogens is 454 g/mol. The molecule has 1 aliphatic rings. The number of aromatic nitrogens is 1. The van der Waals surface area contributed by atoms with Crippen LogP contribution in [-0.2, 0) is 27.3 Å². The zero-order chi connectivity index (χ0) is 24.9. The highest BCUT2D eigenvalue weighted by Crippen LogP contribution is 2.32. The SMILES string of the molecule is COCc1ccc(Cc2cc(C(=O)N[C@H]3COc4ccc(C(=O)OC)cc4N(C)C3=O)no2)cc1. The second-order valence-electron chi connectivity index (χ2n) is 8.01. The van der Waals surface area contributed by atoms with Crippen LogP contribution in [0.15, 0.2) is 53.1 Å². The van der Waals surface area contributed by atoms with Crippen molar-refractivity contribution in [3.05, 3.63) is 76.7 Å². The van der Waals surface area contributed by atoms with Crippen LogP contribution in [0.3, 0.4) is 0 Å². The smallest absolute Gasteiger partial charge is 0.337 e. The average molecular weight is 479 g/mol. The molecule has 3 aromatic rings. The van der Waals surface area contributed by atoms with E-state index in [-0.39, 0.29) is 17.9 Å². The fraction of sp³-hybridized carbons (Fsp3) is 0.280. The zero-order valence-electron chi connectivity index (χ0n) is 19.6. The maximum Gasteiger partial charge on any atom is 0.337 e. The Morgan fingerprint density at radius 3 is 2.57 bits per heavy atom. The van der Waals surface area contributed by atoms with Crippen LogP contribution in [-0.4, -0.2) is 56.9 Å². The summed E-state index contributed by atoms with van der Waals surface area (Å²) in [7, 11) is 4.46. The second kappa shape index (κ2) is 10.4. The minimum Gasteiger partial charge on any atom is -0.489 e. The Balaban J connectivity index is 1.42. The van der Waals surface area contributed by atoms with Crippen molar-refractivity contribution in [2.75, 3.05) is 32.8 Å². The molecule has 10 heteroatoms. The number of anilines is 1. The van der Waals surface area contributed by atoms with Crippen LogP contribution in [0.5, 0.6) is 5.75 Å². The van der Waals surface area contributed by atoms with Gasteiger partial charge in [0.2, 0.25) is 0 Å². The molecule has 0 saturated carbocycles. The van der Waals surface area contributed by atoms with E-state index in [0.717, 1.165) is 11.1 Å². The van der Waals surface area contributed by atoms with Crippen LogP contribution < -0.4 is 15.0 Å². The quantitative estimate of drug-likeness (QED) is 0.513. The van der Waals surface area contributed by atoms with Crippen LogP contribution in [0.25, 0.3) is 0 Å². The Morgan fingerprint density at radius 2 is 1.86 bits per heavy atom. The van der Waals surface area contributed by atoms with E-state index in [9.17, 15) is 14.4 Å². The van der Waals surface area contributed by atoms with Crippen molar-refractivity contribution in [3.63, 3.8) is 0 Å². The number of nitrogens with zero attached hydrogens (tertiary/aromatic N) is 2. The minimum absolute atomic E-state index is 0.0567. The first-order valence-electron chi connectivity index (χ1n) is 10.9. The van der Waals surface area contributed by atoms with Crippen LogP contribution >= 0.6 is 0 Å². The summed E-state index contributed by atoms with van der Waals surface area (Å²) >= 11 is 0. The van der Waals surface area contributed by atoms with Crippen LogP contribution in [0.2, 0.25) is 0 Å². The van der Waals surface area contributed by atoms with Gasteiger partial charge in [0, 0.05) is 26.6 Å². The maximum absolute atomic E-state index is 13.0. The lowest BCUT2D eigenvalue weighted by molar-refractivity contribution is -0.120. The number of hydrogen-bond acceptors (Lipinski definition) is 8. The molecule has 2 heterocycles. The highest BCUT2D eigenvalue weighted by molar-refractivity contribution is 6.03. The van der Waals surface area contributed by atoms with Crippen molar-refractivity contribution in [2.45, 2.75) is 19.1 Å². The molecule has 0 spiro atoms. The number of fused-ring (bicyclic) bond motifs is 1. The number of carbonyl (C=O) groups is 3. The molecule has 0 fully saturated rings. The Kier molecular flexibility index (Phi) is 7.11. The average Bonchev–Trinajstić information content (AvgIpc) is 3.31.